The van der Waals surface area contributed by atoms with E-state index in [0.29, 0.717) is 5.75 Å². The third kappa shape index (κ3) is 4.62. The number of hydrogen-bond acceptors (Lipinski definition) is 5. The summed E-state index contributed by atoms with van der Waals surface area (Å²) in [6, 6.07) is 17.2. The molecule has 0 unspecified atom stereocenters. The predicted molar refractivity (Wildman–Crippen MR) is 104 cm³/mol. The third-order valence-corrected chi connectivity index (χ3v) is 3.90. The van der Waals surface area contributed by atoms with Crippen LogP contribution in [0.4, 0.5) is 18.9 Å². The Balaban J connectivity index is 1.99. The van der Waals surface area contributed by atoms with E-state index in [-0.39, 0.29) is 11.4 Å². The standard InChI is InChI=1S/C20H14F3N5O/c21-20(22,23)14-6-8-18(16(10-14)27-28-17(11-24)19(25)26)29-15-7-5-12-3-1-2-4-13(12)9-15/h1-10,27H,(H3,25,26)/b28-17+. The molecule has 0 saturated heterocycles. The zero-order chi connectivity index (χ0) is 21.0. The van der Waals surface area contributed by atoms with Gasteiger partial charge in [0.1, 0.15) is 11.8 Å². The minimum absolute atomic E-state index is 0.0536. The minimum atomic E-state index is -4.58. The number of nitrogens with zero attached hydrogens (tertiary/aromatic N) is 2. The molecule has 29 heavy (non-hydrogen) atoms. The fourth-order valence-corrected chi connectivity index (χ4v) is 2.50. The van der Waals surface area contributed by atoms with Crippen LogP contribution in [0, 0.1) is 16.7 Å². The van der Waals surface area contributed by atoms with Crippen molar-refractivity contribution in [2.45, 2.75) is 6.18 Å². The summed E-state index contributed by atoms with van der Waals surface area (Å²) < 4.78 is 45.0. The van der Waals surface area contributed by atoms with Gasteiger partial charge in [-0.2, -0.15) is 23.5 Å². The molecule has 0 fully saturated rings. The van der Waals surface area contributed by atoms with E-state index in [1.807, 2.05) is 30.3 Å². The number of hydrogen-bond donors (Lipinski definition) is 3. The molecule has 0 aliphatic carbocycles. The highest BCUT2D eigenvalue weighted by Crippen LogP contribution is 2.37. The Morgan fingerprint density at radius 3 is 2.45 bits per heavy atom. The Kier molecular flexibility index (Phi) is 5.36. The number of nitriles is 1. The molecular weight excluding hydrogens is 383 g/mol. The van der Waals surface area contributed by atoms with Crippen LogP contribution in [0.1, 0.15) is 5.56 Å². The van der Waals surface area contributed by atoms with Gasteiger partial charge < -0.3 is 10.5 Å². The lowest BCUT2D eigenvalue weighted by atomic mass is 10.1. The average molecular weight is 397 g/mol. The molecule has 0 bridgehead atoms. The molecule has 0 aromatic heterocycles. The molecule has 0 heterocycles. The van der Waals surface area contributed by atoms with Gasteiger partial charge in [0.05, 0.1) is 11.3 Å². The second-order valence-corrected chi connectivity index (χ2v) is 5.92. The molecule has 3 aromatic carbocycles. The smallest absolute Gasteiger partial charge is 0.416 e. The molecule has 6 nitrogen and oxygen atoms in total. The number of rotatable bonds is 5. The van der Waals surface area contributed by atoms with Crippen LogP contribution in [0.25, 0.3) is 10.8 Å². The fraction of sp³-hybridized carbons (Fsp3) is 0.0500. The first-order chi connectivity index (χ1) is 13.8. The van der Waals surface area contributed by atoms with Crippen molar-refractivity contribution in [3.05, 3.63) is 66.2 Å². The first kappa shape index (κ1) is 19.7. The Labute approximate surface area is 163 Å². The number of nitrogens with one attached hydrogen (secondary N) is 2. The van der Waals surface area contributed by atoms with E-state index in [0.717, 1.165) is 29.0 Å². The lowest BCUT2D eigenvalue weighted by Gasteiger charge is -2.14. The van der Waals surface area contributed by atoms with Crippen molar-refractivity contribution in [3.63, 3.8) is 0 Å². The van der Waals surface area contributed by atoms with Gasteiger partial charge in [0.25, 0.3) is 0 Å². The predicted octanol–water partition coefficient (Wildman–Crippen LogP) is 4.88. The van der Waals surface area contributed by atoms with Crippen LogP contribution in [0.3, 0.4) is 0 Å². The molecular formula is C20H14F3N5O. The van der Waals surface area contributed by atoms with Crippen molar-refractivity contribution in [2.24, 2.45) is 10.8 Å². The van der Waals surface area contributed by atoms with Gasteiger partial charge in [-0.05, 0) is 41.1 Å². The van der Waals surface area contributed by atoms with Gasteiger partial charge in [-0.3, -0.25) is 10.8 Å². The van der Waals surface area contributed by atoms with Gasteiger partial charge in [0, 0.05) is 0 Å². The summed E-state index contributed by atoms with van der Waals surface area (Å²) in [5.41, 5.74) is 6.00. The number of fused-ring (bicyclic) bond motifs is 1. The molecule has 0 saturated carbocycles. The number of nitrogens with two attached hydrogens (primary N) is 1. The van der Waals surface area contributed by atoms with Gasteiger partial charge in [-0.15, -0.1) is 0 Å². The molecule has 0 amide bonds. The van der Waals surface area contributed by atoms with Crippen LogP contribution in [0.15, 0.2) is 65.8 Å². The van der Waals surface area contributed by atoms with Gasteiger partial charge in [0.15, 0.2) is 11.6 Å². The van der Waals surface area contributed by atoms with E-state index in [1.54, 1.807) is 18.2 Å². The van der Waals surface area contributed by atoms with Gasteiger partial charge in [-0.1, -0.05) is 30.3 Å². The summed E-state index contributed by atoms with van der Waals surface area (Å²) in [6.07, 6.45) is -4.58. The second-order valence-electron chi connectivity index (χ2n) is 5.92. The van der Waals surface area contributed by atoms with Crippen LogP contribution >= 0.6 is 0 Å². The zero-order valence-electron chi connectivity index (χ0n) is 14.8. The molecule has 9 heteroatoms. The highest BCUT2D eigenvalue weighted by Gasteiger charge is 2.31. The van der Waals surface area contributed by atoms with Crippen LogP contribution in [-0.4, -0.2) is 11.5 Å². The Bertz CT molecular complexity index is 1150. The maximum absolute atomic E-state index is 13.1. The Morgan fingerprint density at radius 1 is 1.07 bits per heavy atom. The SMILES string of the molecule is N#C/C(=N\Nc1cc(C(F)(F)F)ccc1Oc1ccc2ccccc2c1)C(=N)N. The number of anilines is 1. The van der Waals surface area contributed by atoms with Crippen molar-refractivity contribution >= 4 is 28.0 Å². The van der Waals surface area contributed by atoms with Crippen LogP contribution in [0.5, 0.6) is 11.5 Å². The number of alkyl halides is 3. The van der Waals surface area contributed by atoms with E-state index in [1.165, 1.54) is 0 Å². The highest BCUT2D eigenvalue weighted by atomic mass is 19.4. The van der Waals surface area contributed by atoms with Crippen molar-refractivity contribution in [2.75, 3.05) is 5.43 Å². The maximum Gasteiger partial charge on any atom is 0.416 e. The highest BCUT2D eigenvalue weighted by molar-refractivity contribution is 6.45. The first-order valence-electron chi connectivity index (χ1n) is 8.24. The molecule has 146 valence electrons. The van der Waals surface area contributed by atoms with Crippen molar-refractivity contribution < 1.29 is 17.9 Å². The van der Waals surface area contributed by atoms with Gasteiger partial charge >= 0.3 is 6.18 Å². The van der Waals surface area contributed by atoms with Crippen LogP contribution in [0.2, 0.25) is 0 Å². The monoisotopic (exact) mass is 397 g/mol. The van der Waals surface area contributed by atoms with E-state index in [9.17, 15) is 13.2 Å². The van der Waals surface area contributed by atoms with E-state index >= 15 is 0 Å². The first-order valence-corrected chi connectivity index (χ1v) is 8.24. The van der Waals surface area contributed by atoms with Gasteiger partial charge in [-0.25, -0.2) is 0 Å². The summed E-state index contributed by atoms with van der Waals surface area (Å²) in [5.74, 6) is -0.163. The van der Waals surface area contributed by atoms with Crippen molar-refractivity contribution in [1.82, 2.24) is 0 Å². The second kappa shape index (κ2) is 7.90. The third-order valence-electron chi connectivity index (χ3n) is 3.90. The van der Waals surface area contributed by atoms with Crippen LogP contribution < -0.4 is 15.9 Å². The fourth-order valence-electron chi connectivity index (χ4n) is 2.50. The van der Waals surface area contributed by atoms with Crippen LogP contribution in [-0.2, 0) is 6.18 Å². The summed E-state index contributed by atoms with van der Waals surface area (Å²) >= 11 is 0. The lowest BCUT2D eigenvalue weighted by molar-refractivity contribution is -0.137. The summed E-state index contributed by atoms with van der Waals surface area (Å²) in [5, 5.41) is 21.6. The topological polar surface area (TPSA) is 107 Å². The van der Waals surface area contributed by atoms with Gasteiger partial charge in [0.2, 0.25) is 5.71 Å². The molecule has 0 radical (unpaired) electrons. The summed E-state index contributed by atoms with van der Waals surface area (Å²) in [6.45, 7) is 0. The maximum atomic E-state index is 13.1. The van der Waals surface area contributed by atoms with Crippen molar-refractivity contribution in [1.29, 1.82) is 10.7 Å². The number of benzene rings is 3. The molecule has 0 aliphatic rings. The lowest BCUT2D eigenvalue weighted by Crippen LogP contribution is -2.22. The molecule has 3 aromatic rings. The number of amidine groups is 1. The summed E-state index contributed by atoms with van der Waals surface area (Å²) in [7, 11) is 0. The number of hydrazone groups is 1. The molecule has 0 aliphatic heterocycles. The van der Waals surface area contributed by atoms with E-state index in [4.69, 9.17) is 21.1 Å². The molecule has 0 spiro atoms. The Morgan fingerprint density at radius 2 is 1.79 bits per heavy atom. The van der Waals surface area contributed by atoms with Crippen molar-refractivity contribution in [3.8, 4) is 17.6 Å². The molecule has 4 N–H and O–H groups in total. The number of ether oxygens (including phenoxy) is 1. The molecule has 3 rings (SSSR count). The normalized spacial score (nSPS) is 11.7. The molecule has 0 atom stereocenters. The van der Waals surface area contributed by atoms with E-state index in [2.05, 4.69) is 10.5 Å². The van der Waals surface area contributed by atoms with E-state index < -0.39 is 23.3 Å². The number of halogens is 3. The average Bonchev–Trinajstić information content (AvgIpc) is 2.68. The quantitative estimate of drug-likeness (QED) is 0.324. The zero-order valence-corrected chi connectivity index (χ0v) is 14.8. The minimum Gasteiger partial charge on any atom is -0.455 e. The largest absolute Gasteiger partial charge is 0.455 e. The summed E-state index contributed by atoms with van der Waals surface area (Å²) in [4.78, 5) is 0. The Hall–Kier alpha value is -4.06.